The van der Waals surface area contributed by atoms with Crippen LogP contribution in [0.2, 0.25) is 0 Å². The van der Waals surface area contributed by atoms with Gasteiger partial charge in [-0.15, -0.1) is 0 Å². The van der Waals surface area contributed by atoms with Gasteiger partial charge in [0.25, 0.3) is 0 Å². The number of nitrogens with one attached hydrogen (secondary N) is 1. The lowest BCUT2D eigenvalue weighted by Gasteiger charge is -2.25. The van der Waals surface area contributed by atoms with Crippen molar-refractivity contribution in [3.05, 3.63) is 23.6 Å². The standard InChI is InChI=1S/C14H22FN3O/c1-3-18(10-12-5-4-8-19-12)14-13(15)11(9-16-2)6-7-17-14/h6-7,12,16H,3-5,8-10H2,1-2H3. The second-order valence-electron chi connectivity index (χ2n) is 4.81. The zero-order chi connectivity index (χ0) is 13.7. The molecule has 106 valence electrons. The molecule has 4 nitrogen and oxygen atoms in total. The number of rotatable bonds is 6. The van der Waals surface area contributed by atoms with Crippen molar-refractivity contribution >= 4 is 5.82 Å². The summed E-state index contributed by atoms with van der Waals surface area (Å²) in [7, 11) is 1.81. The molecule has 5 heteroatoms. The molecule has 0 radical (unpaired) electrons. The van der Waals surface area contributed by atoms with Crippen molar-refractivity contribution in [1.29, 1.82) is 0 Å². The molecule has 0 amide bonds. The third-order valence-corrected chi connectivity index (χ3v) is 3.45. The van der Waals surface area contributed by atoms with E-state index in [-0.39, 0.29) is 11.9 Å². The SMILES string of the molecule is CCN(CC1CCCO1)c1nccc(CNC)c1F. The molecule has 1 aromatic heterocycles. The van der Waals surface area contributed by atoms with Crippen LogP contribution in [0.4, 0.5) is 10.2 Å². The molecule has 0 aliphatic carbocycles. The quantitative estimate of drug-likeness (QED) is 0.855. The fourth-order valence-corrected chi connectivity index (χ4v) is 2.42. The minimum absolute atomic E-state index is 0.203. The van der Waals surface area contributed by atoms with Crippen LogP contribution in [0.5, 0.6) is 0 Å². The van der Waals surface area contributed by atoms with E-state index < -0.39 is 0 Å². The van der Waals surface area contributed by atoms with E-state index in [4.69, 9.17) is 4.74 Å². The van der Waals surface area contributed by atoms with Gasteiger partial charge in [0.1, 0.15) is 0 Å². The normalized spacial score (nSPS) is 18.8. The van der Waals surface area contributed by atoms with Crippen LogP contribution in [0, 0.1) is 5.82 Å². The largest absolute Gasteiger partial charge is 0.376 e. The maximum atomic E-state index is 14.4. The van der Waals surface area contributed by atoms with Gasteiger partial charge in [-0.05, 0) is 32.9 Å². The Balaban J connectivity index is 2.14. The average Bonchev–Trinajstić information content (AvgIpc) is 2.92. The van der Waals surface area contributed by atoms with Crippen molar-refractivity contribution in [2.45, 2.75) is 32.4 Å². The molecule has 0 spiro atoms. The first-order valence-corrected chi connectivity index (χ1v) is 6.90. The van der Waals surface area contributed by atoms with Crippen LogP contribution in [0.15, 0.2) is 12.3 Å². The summed E-state index contributed by atoms with van der Waals surface area (Å²) >= 11 is 0. The monoisotopic (exact) mass is 267 g/mol. The van der Waals surface area contributed by atoms with Crippen LogP contribution < -0.4 is 10.2 Å². The predicted octanol–water partition coefficient (Wildman–Crippen LogP) is 1.95. The topological polar surface area (TPSA) is 37.4 Å². The number of anilines is 1. The van der Waals surface area contributed by atoms with Crippen molar-refractivity contribution in [2.75, 3.05) is 31.6 Å². The highest BCUT2D eigenvalue weighted by molar-refractivity contribution is 5.43. The van der Waals surface area contributed by atoms with Gasteiger partial charge in [-0.3, -0.25) is 0 Å². The molecular weight excluding hydrogens is 245 g/mol. The first-order valence-electron chi connectivity index (χ1n) is 6.90. The lowest BCUT2D eigenvalue weighted by molar-refractivity contribution is 0.115. The van der Waals surface area contributed by atoms with Gasteiger partial charge in [-0.2, -0.15) is 0 Å². The van der Waals surface area contributed by atoms with E-state index in [0.717, 1.165) is 26.0 Å². The second kappa shape index (κ2) is 6.82. The first kappa shape index (κ1) is 14.2. The van der Waals surface area contributed by atoms with Crippen LogP contribution in [0.1, 0.15) is 25.3 Å². The summed E-state index contributed by atoms with van der Waals surface area (Å²) in [4.78, 5) is 6.16. The fourth-order valence-electron chi connectivity index (χ4n) is 2.42. The lowest BCUT2D eigenvalue weighted by atomic mass is 10.2. The van der Waals surface area contributed by atoms with Crippen LogP contribution in [-0.2, 0) is 11.3 Å². The Bertz CT molecular complexity index is 408. The van der Waals surface area contributed by atoms with E-state index in [9.17, 15) is 4.39 Å². The van der Waals surface area contributed by atoms with Gasteiger partial charge >= 0.3 is 0 Å². The number of hydrogen-bond donors (Lipinski definition) is 1. The Morgan fingerprint density at radius 3 is 3.05 bits per heavy atom. The van der Waals surface area contributed by atoms with Gasteiger partial charge in [-0.25, -0.2) is 9.37 Å². The van der Waals surface area contributed by atoms with E-state index in [1.807, 2.05) is 18.9 Å². The summed E-state index contributed by atoms with van der Waals surface area (Å²) in [5.41, 5.74) is 0.651. The number of ether oxygens (including phenoxy) is 1. The summed E-state index contributed by atoms with van der Waals surface area (Å²) in [5.74, 6) is 0.211. The van der Waals surface area contributed by atoms with Gasteiger partial charge in [0.2, 0.25) is 0 Å². The summed E-state index contributed by atoms with van der Waals surface area (Å²) in [5, 5.41) is 2.97. The third-order valence-electron chi connectivity index (χ3n) is 3.45. The summed E-state index contributed by atoms with van der Waals surface area (Å²) in [6.07, 6.45) is 4.02. The van der Waals surface area contributed by atoms with Gasteiger partial charge < -0.3 is 15.0 Å². The highest BCUT2D eigenvalue weighted by Gasteiger charge is 2.22. The van der Waals surface area contributed by atoms with E-state index in [0.29, 0.717) is 24.5 Å². The third kappa shape index (κ3) is 3.42. The van der Waals surface area contributed by atoms with E-state index in [2.05, 4.69) is 10.3 Å². The molecule has 0 saturated carbocycles. The maximum absolute atomic E-state index is 14.4. The predicted molar refractivity (Wildman–Crippen MR) is 73.8 cm³/mol. The van der Waals surface area contributed by atoms with Crippen molar-refractivity contribution in [3.8, 4) is 0 Å². The molecule has 2 heterocycles. The van der Waals surface area contributed by atoms with Crippen molar-refractivity contribution in [3.63, 3.8) is 0 Å². The molecule has 1 saturated heterocycles. The van der Waals surface area contributed by atoms with Crippen LogP contribution >= 0.6 is 0 Å². The van der Waals surface area contributed by atoms with Crippen LogP contribution in [0.25, 0.3) is 0 Å². The number of pyridine rings is 1. The molecule has 1 aromatic rings. The molecule has 0 aromatic carbocycles. The Labute approximate surface area is 114 Å². The Kier molecular flexibility index (Phi) is 5.10. The average molecular weight is 267 g/mol. The molecule has 1 fully saturated rings. The van der Waals surface area contributed by atoms with Crippen molar-refractivity contribution < 1.29 is 9.13 Å². The fraction of sp³-hybridized carbons (Fsp3) is 0.643. The molecule has 1 N–H and O–H groups in total. The number of hydrogen-bond acceptors (Lipinski definition) is 4. The summed E-state index contributed by atoms with van der Waals surface area (Å²) in [6, 6.07) is 1.72. The maximum Gasteiger partial charge on any atom is 0.170 e. The number of aromatic nitrogens is 1. The molecule has 2 rings (SSSR count). The molecule has 1 aliphatic rings. The molecule has 1 atom stereocenters. The van der Waals surface area contributed by atoms with Crippen LogP contribution in [-0.4, -0.2) is 37.8 Å². The Hall–Kier alpha value is -1.20. The van der Waals surface area contributed by atoms with Crippen molar-refractivity contribution in [1.82, 2.24) is 10.3 Å². The molecule has 1 unspecified atom stereocenters. The highest BCUT2D eigenvalue weighted by Crippen LogP contribution is 2.22. The molecular formula is C14H22FN3O. The zero-order valence-electron chi connectivity index (χ0n) is 11.7. The van der Waals surface area contributed by atoms with Gasteiger partial charge in [0, 0.05) is 38.0 Å². The molecule has 1 aliphatic heterocycles. The number of likely N-dealkylation sites (N-methyl/N-ethyl adjacent to an activating group) is 1. The number of nitrogens with zero attached hydrogens (tertiary/aromatic N) is 2. The minimum atomic E-state index is -0.225. The van der Waals surface area contributed by atoms with Gasteiger partial charge in [-0.1, -0.05) is 0 Å². The second-order valence-corrected chi connectivity index (χ2v) is 4.81. The van der Waals surface area contributed by atoms with Gasteiger partial charge in [0.05, 0.1) is 6.10 Å². The van der Waals surface area contributed by atoms with Crippen molar-refractivity contribution in [2.24, 2.45) is 0 Å². The first-order chi connectivity index (χ1) is 9.26. The zero-order valence-corrected chi connectivity index (χ0v) is 11.7. The van der Waals surface area contributed by atoms with E-state index in [1.54, 1.807) is 12.3 Å². The molecule has 0 bridgehead atoms. The highest BCUT2D eigenvalue weighted by atomic mass is 19.1. The number of halogens is 1. The van der Waals surface area contributed by atoms with E-state index in [1.165, 1.54) is 0 Å². The Morgan fingerprint density at radius 2 is 2.42 bits per heavy atom. The summed E-state index contributed by atoms with van der Waals surface area (Å²) in [6.45, 7) is 4.79. The van der Waals surface area contributed by atoms with Crippen LogP contribution in [0.3, 0.4) is 0 Å². The van der Waals surface area contributed by atoms with E-state index >= 15 is 0 Å². The summed E-state index contributed by atoms with van der Waals surface area (Å²) < 4.78 is 20.0. The minimum Gasteiger partial charge on any atom is -0.376 e. The molecule has 19 heavy (non-hydrogen) atoms. The lowest BCUT2D eigenvalue weighted by Crippen LogP contribution is -2.33. The smallest absolute Gasteiger partial charge is 0.170 e. The van der Waals surface area contributed by atoms with Gasteiger partial charge in [0.15, 0.2) is 11.6 Å². The Morgan fingerprint density at radius 1 is 1.58 bits per heavy atom.